The van der Waals surface area contributed by atoms with Crippen LogP contribution in [0.2, 0.25) is 19.6 Å². The second-order valence-corrected chi connectivity index (χ2v) is 13.9. The zero-order valence-electron chi connectivity index (χ0n) is 19.7. The quantitative estimate of drug-likeness (QED) is 0.410. The van der Waals surface area contributed by atoms with E-state index in [9.17, 15) is 19.5 Å². The van der Waals surface area contributed by atoms with Gasteiger partial charge in [-0.25, -0.2) is 9.59 Å². The average Bonchev–Trinajstić information content (AvgIpc) is 3.57. The predicted octanol–water partition coefficient (Wildman–Crippen LogP) is 2.29. The Hall–Kier alpha value is -3.06. The van der Waals surface area contributed by atoms with E-state index < -0.39 is 50.6 Å². The van der Waals surface area contributed by atoms with Gasteiger partial charge in [0, 0.05) is 11.8 Å². The molecule has 1 saturated carbocycles. The molecule has 1 aliphatic heterocycles. The van der Waals surface area contributed by atoms with Crippen LogP contribution in [0, 0.1) is 0 Å². The van der Waals surface area contributed by atoms with Gasteiger partial charge in [0.15, 0.2) is 14.5 Å². The van der Waals surface area contributed by atoms with Crippen LogP contribution in [0.4, 0.5) is 10.6 Å². The van der Waals surface area contributed by atoms with E-state index in [4.69, 9.17) is 18.6 Å². The summed E-state index contributed by atoms with van der Waals surface area (Å²) < 4.78 is 23.4. The maximum Gasteiger partial charge on any atom is 0.508 e. The van der Waals surface area contributed by atoms with Gasteiger partial charge in [-0.2, -0.15) is 4.98 Å². The molecular weight excluding hydrogens is 474 g/mol. The minimum Gasteiger partial charge on any atom is -0.431 e. The zero-order valence-corrected chi connectivity index (χ0v) is 20.7. The summed E-state index contributed by atoms with van der Waals surface area (Å²) in [7, 11) is -2.18. The number of aliphatic hydroxyl groups excluding tert-OH is 1. The van der Waals surface area contributed by atoms with E-state index in [1.165, 1.54) is 16.8 Å². The Kier molecular flexibility index (Phi) is 7.35. The molecule has 1 unspecified atom stereocenters. The first-order chi connectivity index (χ1) is 16.6. The molecule has 0 spiro atoms. The van der Waals surface area contributed by atoms with Crippen LogP contribution in [-0.2, 0) is 18.6 Å². The van der Waals surface area contributed by atoms with Crippen molar-refractivity contribution in [2.45, 2.75) is 63.1 Å². The average molecular weight is 504 g/mol. The zero-order chi connectivity index (χ0) is 25.2. The molecule has 2 aromatic rings. The molecule has 0 radical (unpaired) electrons. The van der Waals surface area contributed by atoms with E-state index in [2.05, 4.69) is 10.3 Å². The number of nitrogens with one attached hydrogen (secondary N) is 1. The lowest BCUT2D eigenvalue weighted by molar-refractivity contribution is -0.0636. The molecule has 0 bridgehead atoms. The Labute approximate surface area is 203 Å². The number of aromatic nitrogens is 2. The highest BCUT2D eigenvalue weighted by Crippen LogP contribution is 2.33. The van der Waals surface area contributed by atoms with Crippen LogP contribution in [0.1, 0.15) is 29.4 Å². The molecule has 1 aromatic carbocycles. The van der Waals surface area contributed by atoms with Crippen molar-refractivity contribution in [2.24, 2.45) is 0 Å². The predicted molar refractivity (Wildman–Crippen MR) is 126 cm³/mol. The fourth-order valence-electron chi connectivity index (χ4n) is 3.58. The Balaban J connectivity index is 1.49. The summed E-state index contributed by atoms with van der Waals surface area (Å²) in [5.41, 5.74) is -0.278. The van der Waals surface area contributed by atoms with E-state index in [0.29, 0.717) is 5.56 Å². The first kappa shape index (κ1) is 25.0. The van der Waals surface area contributed by atoms with Crippen molar-refractivity contribution in [3.05, 3.63) is 58.6 Å². The summed E-state index contributed by atoms with van der Waals surface area (Å²) in [6.45, 7) is 5.56. The van der Waals surface area contributed by atoms with Crippen molar-refractivity contribution < 1.29 is 33.3 Å². The molecule has 1 saturated heterocycles. The van der Waals surface area contributed by atoms with Crippen LogP contribution in [0.3, 0.4) is 0 Å². The molecule has 2 fully saturated rings. The SMILES string of the molecule is C[Si](C)(C)OC1[C@H](n2ccc(NC(=O)c3ccccc3)nc2=O)O[C@H](COC(=O)OC2CC2)[C@H]1O. The van der Waals surface area contributed by atoms with Crippen LogP contribution in [-0.4, -0.2) is 66.1 Å². The number of aliphatic hydroxyl groups is 1. The molecule has 12 heteroatoms. The van der Waals surface area contributed by atoms with Crippen LogP contribution < -0.4 is 11.0 Å². The summed E-state index contributed by atoms with van der Waals surface area (Å²) in [6, 6.07) is 10.00. The molecule has 1 aromatic heterocycles. The number of nitrogens with zero attached hydrogens (tertiary/aromatic N) is 2. The lowest BCUT2D eigenvalue weighted by Crippen LogP contribution is -2.44. The molecule has 2 heterocycles. The van der Waals surface area contributed by atoms with Crippen molar-refractivity contribution >= 4 is 26.2 Å². The smallest absolute Gasteiger partial charge is 0.431 e. The number of carbonyl (C=O) groups is 2. The van der Waals surface area contributed by atoms with Gasteiger partial charge >= 0.3 is 11.8 Å². The van der Waals surface area contributed by atoms with Crippen LogP contribution in [0.5, 0.6) is 0 Å². The van der Waals surface area contributed by atoms with Crippen molar-refractivity contribution in [3.8, 4) is 0 Å². The van der Waals surface area contributed by atoms with Crippen molar-refractivity contribution in [2.75, 3.05) is 11.9 Å². The van der Waals surface area contributed by atoms with Gasteiger partial charge in [0.05, 0.1) is 0 Å². The van der Waals surface area contributed by atoms with E-state index in [1.807, 2.05) is 19.6 Å². The number of ether oxygens (including phenoxy) is 3. The van der Waals surface area contributed by atoms with Crippen LogP contribution in [0.25, 0.3) is 0 Å². The number of amides is 1. The largest absolute Gasteiger partial charge is 0.508 e. The fraction of sp³-hybridized carbons (Fsp3) is 0.478. The molecule has 4 atom stereocenters. The van der Waals surface area contributed by atoms with Crippen LogP contribution in [0.15, 0.2) is 47.4 Å². The van der Waals surface area contributed by atoms with Gasteiger partial charge in [-0.1, -0.05) is 18.2 Å². The number of hydrogen-bond acceptors (Lipinski definition) is 9. The third-order valence-corrected chi connectivity index (χ3v) is 6.32. The lowest BCUT2D eigenvalue weighted by atomic mass is 10.1. The first-order valence-corrected chi connectivity index (χ1v) is 14.8. The molecule has 1 amide bonds. The lowest BCUT2D eigenvalue weighted by Gasteiger charge is -2.29. The van der Waals surface area contributed by atoms with E-state index >= 15 is 0 Å². The van der Waals surface area contributed by atoms with Crippen LogP contribution >= 0.6 is 0 Å². The first-order valence-electron chi connectivity index (χ1n) is 11.4. The molecule has 35 heavy (non-hydrogen) atoms. The fourth-order valence-corrected chi connectivity index (χ4v) is 4.65. The summed E-state index contributed by atoms with van der Waals surface area (Å²) in [5, 5.41) is 13.5. The standard InChI is InChI=1S/C23H29N3O8Si/c1-35(2,3)34-19-18(27)16(13-31-23(30)32-15-9-10-15)33-21(19)26-12-11-17(25-22(26)29)24-20(28)14-7-5-4-6-8-14/h4-8,11-12,15-16,18-19,21,27H,9-10,13H2,1-3H3,(H,24,25,28,29)/t16-,18-,19?,21-/m1/s1. The highest BCUT2D eigenvalue weighted by molar-refractivity contribution is 6.69. The van der Waals surface area contributed by atoms with E-state index in [1.54, 1.807) is 30.3 Å². The molecule has 4 rings (SSSR count). The second-order valence-electron chi connectivity index (χ2n) is 9.45. The monoisotopic (exact) mass is 503 g/mol. The molecule has 2 N–H and O–H groups in total. The van der Waals surface area contributed by atoms with Crippen molar-refractivity contribution in [1.82, 2.24) is 9.55 Å². The Morgan fingerprint density at radius 3 is 2.54 bits per heavy atom. The van der Waals surface area contributed by atoms with Gasteiger partial charge in [0.25, 0.3) is 5.91 Å². The number of hydrogen-bond donors (Lipinski definition) is 2. The highest BCUT2D eigenvalue weighted by atomic mass is 28.4. The van der Waals surface area contributed by atoms with Gasteiger partial charge in [-0.15, -0.1) is 0 Å². The number of rotatable bonds is 8. The van der Waals surface area contributed by atoms with Crippen molar-refractivity contribution in [3.63, 3.8) is 0 Å². The Morgan fingerprint density at radius 1 is 1.20 bits per heavy atom. The van der Waals surface area contributed by atoms with Gasteiger partial charge in [0.1, 0.15) is 36.8 Å². The highest BCUT2D eigenvalue weighted by Gasteiger charge is 2.48. The minimum atomic E-state index is -2.18. The third-order valence-electron chi connectivity index (χ3n) is 5.34. The van der Waals surface area contributed by atoms with Crippen molar-refractivity contribution in [1.29, 1.82) is 0 Å². The molecule has 188 valence electrons. The number of benzene rings is 1. The van der Waals surface area contributed by atoms with Gasteiger partial charge in [-0.3, -0.25) is 9.36 Å². The summed E-state index contributed by atoms with van der Waals surface area (Å²) in [6.07, 6.45) is -1.90. The molecule has 1 aliphatic carbocycles. The number of anilines is 1. The summed E-state index contributed by atoms with van der Waals surface area (Å²) in [5.74, 6) is -0.331. The maximum absolute atomic E-state index is 12.9. The third kappa shape index (κ3) is 6.54. The van der Waals surface area contributed by atoms with Gasteiger partial charge in [-0.05, 0) is 50.7 Å². The Morgan fingerprint density at radius 2 is 1.91 bits per heavy atom. The van der Waals surface area contributed by atoms with Gasteiger partial charge in [0.2, 0.25) is 0 Å². The maximum atomic E-state index is 12.9. The second kappa shape index (κ2) is 10.3. The number of carbonyl (C=O) groups excluding carboxylic acids is 2. The summed E-state index contributed by atoms with van der Waals surface area (Å²) in [4.78, 5) is 41.0. The normalized spacial score (nSPS) is 24.1. The van der Waals surface area contributed by atoms with E-state index in [-0.39, 0.29) is 18.5 Å². The molecule has 11 nitrogen and oxygen atoms in total. The molecule has 2 aliphatic rings. The van der Waals surface area contributed by atoms with Gasteiger partial charge < -0.3 is 29.1 Å². The topological polar surface area (TPSA) is 138 Å². The summed E-state index contributed by atoms with van der Waals surface area (Å²) >= 11 is 0. The molecular formula is C23H29N3O8Si. The minimum absolute atomic E-state index is 0.0732. The Bertz CT molecular complexity index is 1120. The van der Waals surface area contributed by atoms with E-state index in [0.717, 1.165) is 12.8 Å².